The highest BCUT2D eigenvalue weighted by atomic mass is 16.1. The van der Waals surface area contributed by atoms with Crippen molar-refractivity contribution in [3.63, 3.8) is 0 Å². The molecule has 1 aliphatic carbocycles. The first-order valence-electron chi connectivity index (χ1n) is 8.33. The smallest absolute Gasteiger partial charge is 0.223 e. The van der Waals surface area contributed by atoms with E-state index in [-0.39, 0.29) is 11.8 Å². The number of amides is 1. The lowest BCUT2D eigenvalue weighted by molar-refractivity contribution is -0.126. The van der Waals surface area contributed by atoms with E-state index in [4.69, 9.17) is 0 Å². The van der Waals surface area contributed by atoms with Crippen molar-refractivity contribution in [2.45, 2.75) is 59.3 Å². The summed E-state index contributed by atoms with van der Waals surface area (Å²) < 4.78 is 0. The second-order valence-corrected chi connectivity index (χ2v) is 6.07. The van der Waals surface area contributed by atoms with Gasteiger partial charge in [-0.2, -0.15) is 0 Å². The number of nitrogens with zero attached hydrogens (tertiary/aromatic N) is 1. The zero-order valence-electron chi connectivity index (χ0n) is 13.8. The molecule has 118 valence electrons. The molecular weight excluding hydrogens is 260 g/mol. The lowest BCUT2D eigenvalue weighted by atomic mass is 9.82. The summed E-state index contributed by atoms with van der Waals surface area (Å²) in [4.78, 5) is 16.0. The van der Waals surface area contributed by atoms with Gasteiger partial charge in [-0.1, -0.05) is 40.0 Å². The topological polar surface area (TPSA) is 42.0 Å². The summed E-state index contributed by atoms with van der Waals surface area (Å²) in [6, 6.07) is 3.99. The maximum Gasteiger partial charge on any atom is 0.223 e. The quantitative estimate of drug-likeness (QED) is 0.911. The lowest BCUT2D eigenvalue weighted by Crippen LogP contribution is -2.34. The first-order valence-corrected chi connectivity index (χ1v) is 8.33. The molecule has 1 aromatic heterocycles. The lowest BCUT2D eigenvalue weighted by Gasteiger charge is -2.25. The number of hydrogen-bond donors (Lipinski definition) is 1. The summed E-state index contributed by atoms with van der Waals surface area (Å²) in [5, 5.41) is 3.06. The van der Waals surface area contributed by atoms with Gasteiger partial charge in [-0.25, -0.2) is 0 Å². The summed E-state index contributed by atoms with van der Waals surface area (Å²) >= 11 is 0. The predicted octanol–water partition coefficient (Wildman–Crippen LogP) is 3.98. The maximum atomic E-state index is 12.0. The first-order chi connectivity index (χ1) is 10.2. The molecule has 1 fully saturated rings. The molecule has 1 heterocycles. The minimum Gasteiger partial charge on any atom is -0.356 e. The molecule has 2 rings (SSSR count). The van der Waals surface area contributed by atoms with E-state index in [1.165, 1.54) is 24.8 Å². The Morgan fingerprint density at radius 2 is 1.95 bits per heavy atom. The van der Waals surface area contributed by atoms with Crippen molar-refractivity contribution >= 4 is 5.91 Å². The van der Waals surface area contributed by atoms with Gasteiger partial charge in [-0.15, -0.1) is 0 Å². The number of carbonyl (C=O) groups excluding carboxylic acids is 1. The molecule has 1 aromatic rings. The van der Waals surface area contributed by atoms with Crippen LogP contribution in [-0.4, -0.2) is 17.4 Å². The van der Waals surface area contributed by atoms with Gasteiger partial charge in [-0.3, -0.25) is 9.78 Å². The number of hydrogen-bond acceptors (Lipinski definition) is 2. The Balaban J connectivity index is 0.000000677. The van der Waals surface area contributed by atoms with Crippen molar-refractivity contribution in [3.05, 3.63) is 30.1 Å². The van der Waals surface area contributed by atoms with Crippen LogP contribution in [0.1, 0.15) is 58.4 Å². The van der Waals surface area contributed by atoms with Crippen LogP contribution in [0, 0.1) is 11.8 Å². The summed E-state index contributed by atoms with van der Waals surface area (Å²) in [6.45, 7) is 7.23. The van der Waals surface area contributed by atoms with Gasteiger partial charge in [0.1, 0.15) is 0 Å². The van der Waals surface area contributed by atoms with Gasteiger partial charge in [0.25, 0.3) is 0 Å². The number of carbonyl (C=O) groups is 1. The van der Waals surface area contributed by atoms with Crippen molar-refractivity contribution in [1.82, 2.24) is 10.3 Å². The molecular formula is C18H30N2O. The molecule has 1 saturated carbocycles. The Morgan fingerprint density at radius 3 is 2.57 bits per heavy atom. The highest BCUT2D eigenvalue weighted by molar-refractivity contribution is 5.78. The van der Waals surface area contributed by atoms with Crippen LogP contribution in [-0.2, 0) is 11.2 Å². The number of rotatable bonds is 4. The molecule has 1 amide bonds. The van der Waals surface area contributed by atoms with E-state index in [1.54, 1.807) is 12.4 Å². The third-order valence-corrected chi connectivity index (χ3v) is 3.77. The predicted molar refractivity (Wildman–Crippen MR) is 88.0 cm³/mol. The molecule has 0 bridgehead atoms. The van der Waals surface area contributed by atoms with Crippen LogP contribution in [0.5, 0.6) is 0 Å². The summed E-state index contributed by atoms with van der Waals surface area (Å²) in [7, 11) is 0. The molecule has 0 spiro atoms. The SMILES string of the molecule is CC1CCCC(C(=O)NCCc2ccncc2)C1.CCC. The van der Waals surface area contributed by atoms with Crippen molar-refractivity contribution in [3.8, 4) is 0 Å². The van der Waals surface area contributed by atoms with Crippen LogP contribution in [0.3, 0.4) is 0 Å². The van der Waals surface area contributed by atoms with E-state index in [2.05, 4.69) is 31.1 Å². The van der Waals surface area contributed by atoms with Crippen LogP contribution in [0.4, 0.5) is 0 Å². The molecule has 3 heteroatoms. The average molecular weight is 290 g/mol. The van der Waals surface area contributed by atoms with E-state index in [1.807, 2.05) is 12.1 Å². The molecule has 1 aliphatic rings. The molecule has 0 radical (unpaired) electrons. The fourth-order valence-electron chi connectivity index (χ4n) is 2.70. The van der Waals surface area contributed by atoms with Crippen LogP contribution in [0.25, 0.3) is 0 Å². The standard InChI is InChI=1S/C15H22N2O.C3H8/c1-12-3-2-4-14(11-12)15(18)17-10-7-13-5-8-16-9-6-13;1-3-2/h5-6,8-9,12,14H,2-4,7,10-11H2,1H3,(H,17,18);3H2,1-2H3. The molecule has 0 aliphatic heterocycles. The van der Waals surface area contributed by atoms with Crippen LogP contribution in [0.2, 0.25) is 0 Å². The van der Waals surface area contributed by atoms with E-state index < -0.39 is 0 Å². The average Bonchev–Trinajstić information content (AvgIpc) is 2.49. The molecule has 2 atom stereocenters. The third-order valence-electron chi connectivity index (χ3n) is 3.77. The summed E-state index contributed by atoms with van der Waals surface area (Å²) in [5.41, 5.74) is 1.22. The Morgan fingerprint density at radius 1 is 1.29 bits per heavy atom. The molecule has 0 aromatic carbocycles. The zero-order valence-corrected chi connectivity index (χ0v) is 13.8. The second kappa shape index (κ2) is 10.4. The van der Waals surface area contributed by atoms with Crippen LogP contribution in [0.15, 0.2) is 24.5 Å². The number of pyridine rings is 1. The highest BCUT2D eigenvalue weighted by Gasteiger charge is 2.24. The van der Waals surface area contributed by atoms with Gasteiger partial charge in [0.05, 0.1) is 0 Å². The van der Waals surface area contributed by atoms with Crippen molar-refractivity contribution in [2.75, 3.05) is 6.54 Å². The van der Waals surface area contributed by atoms with Crippen molar-refractivity contribution in [1.29, 1.82) is 0 Å². The van der Waals surface area contributed by atoms with Crippen molar-refractivity contribution in [2.24, 2.45) is 11.8 Å². The Labute approximate surface area is 129 Å². The molecule has 1 N–H and O–H groups in total. The van der Waals surface area contributed by atoms with Crippen LogP contribution >= 0.6 is 0 Å². The van der Waals surface area contributed by atoms with Gasteiger partial charge < -0.3 is 5.32 Å². The Hall–Kier alpha value is -1.38. The van der Waals surface area contributed by atoms with E-state index >= 15 is 0 Å². The Bertz CT molecular complexity index is 391. The molecule has 2 unspecified atom stereocenters. The largest absolute Gasteiger partial charge is 0.356 e. The van der Waals surface area contributed by atoms with Gasteiger partial charge in [-0.05, 0) is 42.9 Å². The van der Waals surface area contributed by atoms with E-state index in [9.17, 15) is 4.79 Å². The fraction of sp³-hybridized carbons (Fsp3) is 0.667. The third kappa shape index (κ3) is 7.26. The monoisotopic (exact) mass is 290 g/mol. The molecule has 3 nitrogen and oxygen atoms in total. The number of aromatic nitrogens is 1. The van der Waals surface area contributed by atoms with Gasteiger partial charge in [0.15, 0.2) is 0 Å². The summed E-state index contributed by atoms with van der Waals surface area (Å²) in [6.07, 6.45) is 10.3. The van der Waals surface area contributed by atoms with E-state index in [0.29, 0.717) is 5.92 Å². The first kappa shape index (κ1) is 17.7. The minimum absolute atomic E-state index is 0.242. The normalized spacial score (nSPS) is 21.1. The minimum atomic E-state index is 0.242. The second-order valence-electron chi connectivity index (χ2n) is 6.07. The number of nitrogens with one attached hydrogen (secondary N) is 1. The van der Waals surface area contributed by atoms with E-state index in [0.717, 1.165) is 25.8 Å². The van der Waals surface area contributed by atoms with Crippen molar-refractivity contribution < 1.29 is 4.79 Å². The summed E-state index contributed by atoms with van der Waals surface area (Å²) in [5.74, 6) is 1.19. The maximum absolute atomic E-state index is 12.0. The highest BCUT2D eigenvalue weighted by Crippen LogP contribution is 2.28. The van der Waals surface area contributed by atoms with Crippen LogP contribution < -0.4 is 5.32 Å². The van der Waals surface area contributed by atoms with Gasteiger partial charge in [0.2, 0.25) is 5.91 Å². The molecule has 21 heavy (non-hydrogen) atoms. The van der Waals surface area contributed by atoms with Gasteiger partial charge >= 0.3 is 0 Å². The Kier molecular flexibility index (Phi) is 8.72. The van der Waals surface area contributed by atoms with Gasteiger partial charge in [0, 0.05) is 24.9 Å². The zero-order chi connectivity index (χ0) is 15.5. The fourth-order valence-corrected chi connectivity index (χ4v) is 2.70. The molecule has 0 saturated heterocycles.